The first-order chi connectivity index (χ1) is 14.3. The van der Waals surface area contributed by atoms with E-state index in [1.54, 1.807) is 6.07 Å². The van der Waals surface area contributed by atoms with Crippen molar-refractivity contribution in [2.75, 3.05) is 58.3 Å². The molecule has 0 spiro atoms. The van der Waals surface area contributed by atoms with Crippen LogP contribution in [0.3, 0.4) is 0 Å². The van der Waals surface area contributed by atoms with Crippen LogP contribution < -0.4 is 15.0 Å². The van der Waals surface area contributed by atoms with Gasteiger partial charge >= 0.3 is 0 Å². The predicted octanol–water partition coefficient (Wildman–Crippen LogP) is 0.655. The summed E-state index contributed by atoms with van der Waals surface area (Å²) in [4.78, 5) is 28.1. The Morgan fingerprint density at radius 3 is 2.53 bits per heavy atom. The number of amides is 2. The van der Waals surface area contributed by atoms with Crippen LogP contribution in [0.15, 0.2) is 23.1 Å². The zero-order valence-electron chi connectivity index (χ0n) is 17.6. The highest BCUT2D eigenvalue weighted by atomic mass is 32.2. The fraction of sp³-hybridized carbons (Fsp3) is 0.600. The molecule has 0 aromatic heterocycles. The molecule has 0 unspecified atom stereocenters. The summed E-state index contributed by atoms with van der Waals surface area (Å²) in [5, 5.41) is 2.77. The summed E-state index contributed by atoms with van der Waals surface area (Å²) in [6.45, 7) is 1.75. The minimum Gasteiger partial charge on any atom is -0.482 e. The van der Waals surface area contributed by atoms with Gasteiger partial charge in [-0.15, -0.1) is 0 Å². The first-order valence-electron chi connectivity index (χ1n) is 10.3. The van der Waals surface area contributed by atoms with Crippen molar-refractivity contribution in [3.63, 3.8) is 0 Å². The molecule has 1 aromatic carbocycles. The van der Waals surface area contributed by atoms with Crippen molar-refractivity contribution in [2.24, 2.45) is 0 Å². The van der Waals surface area contributed by atoms with Gasteiger partial charge in [-0.3, -0.25) is 14.5 Å². The first-order valence-corrected chi connectivity index (χ1v) is 11.7. The molecule has 1 N–H and O–H groups in total. The number of nitrogens with zero attached hydrogens (tertiary/aromatic N) is 3. The van der Waals surface area contributed by atoms with E-state index in [-0.39, 0.29) is 29.9 Å². The van der Waals surface area contributed by atoms with Gasteiger partial charge in [0.05, 0.1) is 10.6 Å². The summed E-state index contributed by atoms with van der Waals surface area (Å²) >= 11 is 0. The van der Waals surface area contributed by atoms with Crippen molar-refractivity contribution in [2.45, 2.75) is 30.6 Å². The molecule has 0 bridgehead atoms. The highest BCUT2D eigenvalue weighted by molar-refractivity contribution is 7.89. The van der Waals surface area contributed by atoms with Gasteiger partial charge in [0.25, 0.3) is 5.91 Å². The Kier molecular flexibility index (Phi) is 7.32. The van der Waals surface area contributed by atoms with Gasteiger partial charge in [-0.05, 0) is 45.1 Å². The second kappa shape index (κ2) is 9.76. The Bertz CT molecular complexity index is 879. The number of ether oxygens (including phenoxy) is 1. The van der Waals surface area contributed by atoms with Crippen LogP contribution in [-0.2, 0) is 19.6 Å². The second-order valence-electron chi connectivity index (χ2n) is 7.87. The number of hydrogen-bond donors (Lipinski definition) is 1. The molecular weight excluding hydrogens is 408 g/mol. The third-order valence-corrected chi connectivity index (χ3v) is 7.15. The van der Waals surface area contributed by atoms with Crippen LogP contribution in [0.4, 0.5) is 5.69 Å². The zero-order chi connectivity index (χ0) is 21.7. The number of hydrogen-bond acceptors (Lipinski definition) is 6. The van der Waals surface area contributed by atoms with E-state index in [0.29, 0.717) is 37.6 Å². The van der Waals surface area contributed by atoms with E-state index in [4.69, 9.17) is 4.74 Å². The monoisotopic (exact) mass is 438 g/mol. The van der Waals surface area contributed by atoms with Gasteiger partial charge in [0.15, 0.2) is 6.61 Å². The summed E-state index contributed by atoms with van der Waals surface area (Å²) < 4.78 is 33.2. The summed E-state index contributed by atoms with van der Waals surface area (Å²) in [7, 11) is 0.128. The molecule has 2 heterocycles. The van der Waals surface area contributed by atoms with Gasteiger partial charge < -0.3 is 15.0 Å². The summed E-state index contributed by atoms with van der Waals surface area (Å²) in [5.74, 6) is -0.293. The van der Waals surface area contributed by atoms with Crippen molar-refractivity contribution >= 4 is 27.5 Å². The molecule has 0 aliphatic carbocycles. The Morgan fingerprint density at radius 2 is 1.87 bits per heavy atom. The number of nitrogens with one attached hydrogen (secondary N) is 1. The SMILES string of the molecule is CN(C)CCNC(=O)CN1C(=O)COc2ccc(S(=O)(=O)N3CCCCCC3)cc21. The lowest BCUT2D eigenvalue weighted by Gasteiger charge is -2.30. The minimum absolute atomic E-state index is 0.111. The molecule has 0 saturated carbocycles. The highest BCUT2D eigenvalue weighted by Crippen LogP contribution is 2.35. The third-order valence-electron chi connectivity index (χ3n) is 5.26. The molecule has 9 nitrogen and oxygen atoms in total. The van der Waals surface area contributed by atoms with Gasteiger partial charge in [-0.2, -0.15) is 4.31 Å². The minimum atomic E-state index is -3.68. The van der Waals surface area contributed by atoms with Crippen LogP contribution in [0.1, 0.15) is 25.7 Å². The van der Waals surface area contributed by atoms with E-state index < -0.39 is 10.0 Å². The largest absolute Gasteiger partial charge is 0.482 e. The number of likely N-dealkylation sites (N-methyl/N-ethyl adjacent to an activating group) is 1. The summed E-state index contributed by atoms with van der Waals surface area (Å²) in [6.07, 6.45) is 3.72. The molecule has 166 valence electrons. The van der Waals surface area contributed by atoms with E-state index in [9.17, 15) is 18.0 Å². The van der Waals surface area contributed by atoms with Gasteiger partial charge in [0, 0.05) is 26.2 Å². The normalized spacial score (nSPS) is 18.0. The standard InChI is InChI=1S/C20H30N4O5S/c1-22(2)12-9-21-19(25)14-24-17-13-16(7-8-18(17)29-15-20(24)26)30(27,28)23-10-5-3-4-6-11-23/h7-8,13H,3-6,9-12,14-15H2,1-2H3,(H,21,25). The zero-order valence-corrected chi connectivity index (χ0v) is 18.4. The van der Waals surface area contributed by atoms with E-state index in [1.165, 1.54) is 21.3 Å². The number of anilines is 1. The van der Waals surface area contributed by atoms with Crippen molar-refractivity contribution in [1.29, 1.82) is 0 Å². The second-order valence-corrected chi connectivity index (χ2v) is 9.81. The number of rotatable bonds is 7. The van der Waals surface area contributed by atoms with Crippen molar-refractivity contribution in [3.05, 3.63) is 18.2 Å². The quantitative estimate of drug-likeness (QED) is 0.671. The van der Waals surface area contributed by atoms with Gasteiger partial charge in [0.2, 0.25) is 15.9 Å². The number of fused-ring (bicyclic) bond motifs is 1. The molecule has 1 saturated heterocycles. The van der Waals surface area contributed by atoms with E-state index in [2.05, 4.69) is 5.32 Å². The van der Waals surface area contributed by atoms with Crippen LogP contribution in [0.25, 0.3) is 0 Å². The molecule has 30 heavy (non-hydrogen) atoms. The lowest BCUT2D eigenvalue weighted by atomic mass is 10.2. The molecule has 1 fully saturated rings. The van der Waals surface area contributed by atoms with Crippen LogP contribution in [0.2, 0.25) is 0 Å². The topological polar surface area (TPSA) is 99.3 Å². The van der Waals surface area contributed by atoms with Crippen LogP contribution in [0.5, 0.6) is 5.75 Å². The maximum atomic E-state index is 13.1. The fourth-order valence-corrected chi connectivity index (χ4v) is 5.10. The van der Waals surface area contributed by atoms with Crippen LogP contribution >= 0.6 is 0 Å². The van der Waals surface area contributed by atoms with Crippen molar-refractivity contribution in [1.82, 2.24) is 14.5 Å². The van der Waals surface area contributed by atoms with E-state index in [1.807, 2.05) is 19.0 Å². The Morgan fingerprint density at radius 1 is 1.17 bits per heavy atom. The summed E-state index contributed by atoms with van der Waals surface area (Å²) in [6, 6.07) is 4.51. The smallest absolute Gasteiger partial charge is 0.265 e. The maximum Gasteiger partial charge on any atom is 0.265 e. The lowest BCUT2D eigenvalue weighted by Crippen LogP contribution is -2.46. The van der Waals surface area contributed by atoms with Crippen LogP contribution in [-0.4, -0.2) is 82.9 Å². The van der Waals surface area contributed by atoms with E-state index >= 15 is 0 Å². The number of carbonyl (C=O) groups excluding carboxylic acids is 2. The number of carbonyl (C=O) groups is 2. The average molecular weight is 439 g/mol. The Balaban J connectivity index is 1.81. The molecule has 0 radical (unpaired) electrons. The molecule has 2 aliphatic rings. The van der Waals surface area contributed by atoms with Gasteiger partial charge in [-0.1, -0.05) is 12.8 Å². The Hall–Kier alpha value is -2.17. The number of sulfonamides is 1. The molecule has 1 aromatic rings. The van der Waals surface area contributed by atoms with E-state index in [0.717, 1.165) is 25.7 Å². The Labute approximate surface area is 178 Å². The number of benzene rings is 1. The van der Waals surface area contributed by atoms with Crippen molar-refractivity contribution < 1.29 is 22.7 Å². The first kappa shape index (κ1) is 22.5. The van der Waals surface area contributed by atoms with Crippen molar-refractivity contribution in [3.8, 4) is 5.75 Å². The molecule has 3 rings (SSSR count). The van der Waals surface area contributed by atoms with Gasteiger partial charge in [-0.25, -0.2) is 8.42 Å². The molecule has 2 aliphatic heterocycles. The molecular formula is C20H30N4O5S. The fourth-order valence-electron chi connectivity index (χ4n) is 3.57. The highest BCUT2D eigenvalue weighted by Gasteiger charge is 2.31. The lowest BCUT2D eigenvalue weighted by molar-refractivity contribution is -0.125. The molecule has 0 atom stereocenters. The summed E-state index contributed by atoms with van der Waals surface area (Å²) in [5.41, 5.74) is 0.310. The third kappa shape index (κ3) is 5.30. The predicted molar refractivity (Wildman–Crippen MR) is 113 cm³/mol. The van der Waals surface area contributed by atoms with Crippen LogP contribution in [0, 0.1) is 0 Å². The van der Waals surface area contributed by atoms with Gasteiger partial charge in [0.1, 0.15) is 12.3 Å². The maximum absolute atomic E-state index is 13.1. The molecule has 10 heteroatoms. The average Bonchev–Trinajstić information content (AvgIpc) is 2.99. The molecule has 2 amide bonds.